The van der Waals surface area contributed by atoms with E-state index in [4.69, 9.17) is 4.74 Å². The molecule has 14 heteroatoms. The number of carbonyl (C=O) groups excluding carboxylic acids is 1. The van der Waals surface area contributed by atoms with Crippen LogP contribution in [0.15, 0.2) is 94.5 Å². The molecule has 4 aromatic heterocycles. The predicted octanol–water partition coefficient (Wildman–Crippen LogP) is 6.55. The Hall–Kier alpha value is -4.44. The summed E-state index contributed by atoms with van der Waals surface area (Å²) in [5.74, 6) is -0.616. The van der Waals surface area contributed by atoms with Crippen molar-refractivity contribution in [2.24, 2.45) is 0 Å². The lowest BCUT2D eigenvalue weighted by atomic mass is 9.91. The maximum atomic E-state index is 13.4. The molecule has 0 unspecified atom stereocenters. The number of phenolic OH excluding ortho intramolecular Hbond substituents is 1. The zero-order valence-corrected chi connectivity index (χ0v) is 31.5. The molecule has 1 atom stereocenters. The maximum absolute atomic E-state index is 13.4. The number of hydrogen-bond donors (Lipinski definition) is 5. The third kappa shape index (κ3) is 8.59. The Labute approximate surface area is 319 Å². The van der Waals surface area contributed by atoms with E-state index in [0.29, 0.717) is 45.4 Å². The summed E-state index contributed by atoms with van der Waals surface area (Å²) in [6.07, 6.45) is 5.57. The number of aromatic nitrogens is 2. The third-order valence-corrected chi connectivity index (χ3v) is 12.2. The molecule has 1 aliphatic rings. The van der Waals surface area contributed by atoms with Crippen LogP contribution in [0.4, 0.5) is 9.41 Å². The van der Waals surface area contributed by atoms with E-state index in [9.17, 15) is 24.9 Å². The number of esters is 1. The number of ether oxygens (including phenoxy) is 1. The SMILES string of the molecule is CN(CCCn1ccc2cc(CNC[C@@H](O)c3ccc(O)c4[nH]c(=O)ccc34)ccc21)C1CCC(OC(=O)C(O)(c2cccs2)c2cccs2)CC1.F.F. The molecule has 2 aromatic carbocycles. The zero-order valence-electron chi connectivity index (χ0n) is 29.9. The van der Waals surface area contributed by atoms with Gasteiger partial charge in [0.1, 0.15) is 11.9 Å². The van der Waals surface area contributed by atoms with Gasteiger partial charge in [-0.05, 0) is 115 Å². The van der Waals surface area contributed by atoms with Crippen molar-refractivity contribution in [3.8, 4) is 5.75 Å². The number of H-pyrrole nitrogens is 1. The van der Waals surface area contributed by atoms with Crippen LogP contribution < -0.4 is 10.9 Å². The number of nitrogens with zero attached hydrogens (tertiary/aromatic N) is 2. The first kappa shape index (κ1) is 40.7. The summed E-state index contributed by atoms with van der Waals surface area (Å²) >= 11 is 2.72. The lowest BCUT2D eigenvalue weighted by Crippen LogP contribution is -2.42. The number of aryl methyl sites for hydroxylation is 1. The summed E-state index contributed by atoms with van der Waals surface area (Å²) < 4.78 is 8.25. The molecule has 1 aliphatic carbocycles. The van der Waals surface area contributed by atoms with Crippen molar-refractivity contribution in [3.63, 3.8) is 0 Å². The van der Waals surface area contributed by atoms with E-state index in [-0.39, 0.29) is 26.8 Å². The number of thiophene rings is 2. The molecule has 0 saturated heterocycles. The van der Waals surface area contributed by atoms with Crippen LogP contribution in [-0.2, 0) is 28.2 Å². The molecule has 1 saturated carbocycles. The number of benzene rings is 2. The van der Waals surface area contributed by atoms with Crippen molar-refractivity contribution >= 4 is 50.4 Å². The fourth-order valence-electron chi connectivity index (χ4n) is 7.37. The van der Waals surface area contributed by atoms with E-state index >= 15 is 0 Å². The summed E-state index contributed by atoms with van der Waals surface area (Å²) in [7, 11) is 2.18. The molecule has 1 fully saturated rings. The predicted molar refractivity (Wildman–Crippen MR) is 211 cm³/mol. The molecule has 0 bridgehead atoms. The van der Waals surface area contributed by atoms with Crippen LogP contribution in [0, 0.1) is 0 Å². The molecular weight excluding hydrogens is 735 g/mol. The van der Waals surface area contributed by atoms with Crippen LogP contribution in [0.1, 0.15) is 59.1 Å². The number of pyridine rings is 1. The highest BCUT2D eigenvalue weighted by Gasteiger charge is 2.45. The number of rotatable bonds is 14. The topological polar surface area (TPSA) is 140 Å². The second kappa shape index (κ2) is 17.8. The first-order chi connectivity index (χ1) is 25.2. The normalized spacial score (nSPS) is 16.6. The summed E-state index contributed by atoms with van der Waals surface area (Å²) in [6, 6.07) is 22.4. The van der Waals surface area contributed by atoms with Gasteiger partial charge in [-0.1, -0.05) is 24.3 Å². The lowest BCUT2D eigenvalue weighted by molar-refractivity contribution is -0.169. The van der Waals surface area contributed by atoms with Gasteiger partial charge in [-0.25, -0.2) is 4.79 Å². The third-order valence-electron chi connectivity index (χ3n) is 10.3. The molecular formula is C40H46F2N4O6S2. The van der Waals surface area contributed by atoms with Gasteiger partial charge < -0.3 is 39.8 Å². The zero-order chi connectivity index (χ0) is 36.2. The number of aromatic amines is 1. The van der Waals surface area contributed by atoms with Crippen molar-refractivity contribution in [2.75, 3.05) is 20.1 Å². The van der Waals surface area contributed by atoms with E-state index in [1.165, 1.54) is 45.7 Å². The number of hydrogen-bond acceptors (Lipinski definition) is 10. The van der Waals surface area contributed by atoms with Crippen LogP contribution in [0.25, 0.3) is 21.8 Å². The van der Waals surface area contributed by atoms with Crippen LogP contribution >= 0.6 is 22.7 Å². The summed E-state index contributed by atoms with van der Waals surface area (Å²) in [6.45, 7) is 2.76. The van der Waals surface area contributed by atoms with Crippen molar-refractivity contribution < 1.29 is 34.3 Å². The molecule has 0 spiro atoms. The van der Waals surface area contributed by atoms with E-state index in [1.807, 2.05) is 22.9 Å². The Morgan fingerprint density at radius 3 is 2.43 bits per heavy atom. The molecule has 54 heavy (non-hydrogen) atoms. The molecule has 4 heterocycles. The minimum Gasteiger partial charge on any atom is -0.506 e. The number of aliphatic hydroxyl groups excluding tert-OH is 1. The molecule has 0 amide bonds. The highest BCUT2D eigenvalue weighted by atomic mass is 32.1. The van der Waals surface area contributed by atoms with Crippen molar-refractivity contribution in [3.05, 3.63) is 121 Å². The minimum absolute atomic E-state index is 0. The number of halogens is 2. The number of phenols is 1. The number of carbonyl (C=O) groups is 1. The smallest absolute Gasteiger partial charge is 0.349 e. The Kier molecular flexibility index (Phi) is 13.4. The van der Waals surface area contributed by atoms with E-state index < -0.39 is 17.7 Å². The van der Waals surface area contributed by atoms with Crippen LogP contribution in [0.2, 0.25) is 0 Å². The fraction of sp³-hybridized carbons (Fsp3) is 0.350. The van der Waals surface area contributed by atoms with Gasteiger partial charge in [0.05, 0.1) is 21.4 Å². The molecule has 288 valence electrons. The van der Waals surface area contributed by atoms with Gasteiger partial charge in [-0.2, -0.15) is 0 Å². The molecule has 6 aromatic rings. The highest BCUT2D eigenvalue weighted by Crippen LogP contribution is 2.38. The fourth-order valence-corrected chi connectivity index (χ4v) is 9.09. The van der Waals surface area contributed by atoms with Crippen molar-refractivity contribution in [2.45, 2.75) is 69.0 Å². The maximum Gasteiger partial charge on any atom is 0.349 e. The standard InChI is InChI=1S/C40H44N4O6S2.2FH/c1-43(28-8-10-29(11-9-28)50-39(48)40(49,35-5-2-21-51-35)36-6-3-22-52-36)18-4-19-44-20-17-27-23-26(7-14-32(27)44)24-41-25-34(46)30-12-15-33(45)38-31(30)13-16-37(47)42-38;;/h2-3,5-7,12-17,20-23,28-29,34,41,45-46,49H,4,8-11,18-19,24-25H2,1H3,(H,42,47);2*1H/t28?,29?,34-;;/m1../s1. The lowest BCUT2D eigenvalue weighted by Gasteiger charge is -2.35. The Balaban J connectivity index is 0.00000280. The Bertz CT molecular complexity index is 2150. The van der Waals surface area contributed by atoms with Crippen LogP contribution in [-0.4, -0.2) is 68.0 Å². The molecule has 0 aliphatic heterocycles. The monoisotopic (exact) mass is 780 g/mol. The number of aliphatic hydroxyl groups is 2. The van der Waals surface area contributed by atoms with Gasteiger partial charge in [0, 0.05) is 48.8 Å². The largest absolute Gasteiger partial charge is 0.506 e. The van der Waals surface area contributed by atoms with Gasteiger partial charge >= 0.3 is 5.97 Å². The first-order valence-electron chi connectivity index (χ1n) is 17.7. The van der Waals surface area contributed by atoms with Gasteiger partial charge in [-0.3, -0.25) is 14.2 Å². The molecule has 5 N–H and O–H groups in total. The number of fused-ring (bicyclic) bond motifs is 2. The Morgan fingerprint density at radius 2 is 1.74 bits per heavy atom. The average Bonchev–Trinajstić information content (AvgIpc) is 3.96. The van der Waals surface area contributed by atoms with Crippen molar-refractivity contribution in [1.29, 1.82) is 0 Å². The molecule has 0 radical (unpaired) electrons. The second-order valence-corrected chi connectivity index (χ2v) is 15.6. The average molecular weight is 781 g/mol. The van der Waals surface area contributed by atoms with Crippen molar-refractivity contribution in [1.82, 2.24) is 19.8 Å². The highest BCUT2D eigenvalue weighted by molar-refractivity contribution is 7.12. The quantitative estimate of drug-likeness (QED) is 0.0785. The van der Waals surface area contributed by atoms with Crippen LogP contribution in [0.3, 0.4) is 0 Å². The van der Waals surface area contributed by atoms with Gasteiger partial charge in [0.15, 0.2) is 0 Å². The first-order valence-corrected chi connectivity index (χ1v) is 19.5. The van der Waals surface area contributed by atoms with E-state index in [0.717, 1.165) is 50.8 Å². The van der Waals surface area contributed by atoms with Crippen LogP contribution in [0.5, 0.6) is 5.75 Å². The Morgan fingerprint density at radius 1 is 1.02 bits per heavy atom. The van der Waals surface area contributed by atoms with Gasteiger partial charge in [0.25, 0.3) is 0 Å². The summed E-state index contributed by atoms with van der Waals surface area (Å²) in [5.41, 5.74) is 1.18. The van der Waals surface area contributed by atoms with E-state index in [1.54, 1.807) is 24.3 Å². The second-order valence-electron chi connectivity index (χ2n) is 13.7. The van der Waals surface area contributed by atoms with Gasteiger partial charge in [-0.15, -0.1) is 22.7 Å². The minimum atomic E-state index is -1.77. The number of aromatic hydroxyl groups is 1. The van der Waals surface area contributed by atoms with E-state index in [2.05, 4.69) is 57.3 Å². The number of nitrogens with one attached hydrogen (secondary N) is 2. The molecule has 7 rings (SSSR count). The molecule has 10 nitrogen and oxygen atoms in total. The van der Waals surface area contributed by atoms with Gasteiger partial charge in [0.2, 0.25) is 11.2 Å². The summed E-state index contributed by atoms with van der Waals surface area (Å²) in [5, 5.41) is 41.5. The summed E-state index contributed by atoms with van der Waals surface area (Å²) in [4.78, 5) is 31.3.